The second-order valence-electron chi connectivity index (χ2n) is 8.49. The molecule has 3 aromatic rings. The van der Waals surface area contributed by atoms with Crippen LogP contribution < -0.4 is 5.32 Å². The summed E-state index contributed by atoms with van der Waals surface area (Å²) < 4.78 is 0.451. The number of thioether (sulfide) groups is 1. The Labute approximate surface area is 218 Å². The largest absolute Gasteiger partial charge is 0.298 e. The van der Waals surface area contributed by atoms with Crippen LogP contribution in [-0.2, 0) is 35.5 Å². The molecular formula is C26H24N4O2S3. The van der Waals surface area contributed by atoms with Crippen molar-refractivity contribution in [3.63, 3.8) is 0 Å². The summed E-state index contributed by atoms with van der Waals surface area (Å²) in [5, 5.41) is 3.54. The molecule has 3 heterocycles. The average Bonchev–Trinajstić information content (AvgIpc) is 3.38. The number of hydrogen-bond acceptors (Lipinski definition) is 7. The lowest BCUT2D eigenvalue weighted by molar-refractivity contribution is -0.122. The molecule has 6 nitrogen and oxygen atoms in total. The van der Waals surface area contributed by atoms with Crippen LogP contribution in [0.25, 0.3) is 0 Å². The highest BCUT2D eigenvalue weighted by atomic mass is 32.2. The van der Waals surface area contributed by atoms with Crippen LogP contribution in [0.3, 0.4) is 0 Å². The van der Waals surface area contributed by atoms with Crippen molar-refractivity contribution in [3.05, 3.63) is 92.8 Å². The third-order valence-corrected chi connectivity index (χ3v) is 8.61. The number of aromatic nitrogens is 1. The Morgan fingerprint density at radius 2 is 1.77 bits per heavy atom. The van der Waals surface area contributed by atoms with E-state index in [1.807, 2.05) is 36.4 Å². The number of thiazole rings is 1. The molecule has 178 valence electrons. The number of benzene rings is 2. The van der Waals surface area contributed by atoms with E-state index in [-0.39, 0.29) is 11.8 Å². The quantitative estimate of drug-likeness (QED) is 0.378. The molecule has 2 aliphatic heterocycles. The van der Waals surface area contributed by atoms with E-state index >= 15 is 0 Å². The molecular weight excluding hydrogens is 497 g/mol. The maximum Gasteiger partial charge on any atom is 0.266 e. The van der Waals surface area contributed by atoms with E-state index in [0.717, 1.165) is 37.3 Å². The third kappa shape index (κ3) is 5.38. The van der Waals surface area contributed by atoms with Gasteiger partial charge in [-0.05, 0) is 11.1 Å². The molecule has 1 saturated heterocycles. The number of hydrogen-bond donors (Lipinski definition) is 1. The van der Waals surface area contributed by atoms with Gasteiger partial charge in [-0.3, -0.25) is 24.7 Å². The predicted molar refractivity (Wildman–Crippen MR) is 145 cm³/mol. The first-order valence-corrected chi connectivity index (χ1v) is 13.3. The van der Waals surface area contributed by atoms with Gasteiger partial charge in [-0.1, -0.05) is 84.6 Å². The summed E-state index contributed by atoms with van der Waals surface area (Å²) in [7, 11) is 1.64. The number of thiocarbonyl (C=S) groups is 1. The summed E-state index contributed by atoms with van der Waals surface area (Å²) in [5.74, 6) is -0.550. The van der Waals surface area contributed by atoms with E-state index in [1.165, 1.54) is 38.4 Å². The smallest absolute Gasteiger partial charge is 0.266 e. The van der Waals surface area contributed by atoms with E-state index in [1.54, 1.807) is 7.05 Å². The molecule has 35 heavy (non-hydrogen) atoms. The van der Waals surface area contributed by atoms with Crippen molar-refractivity contribution in [1.29, 1.82) is 0 Å². The van der Waals surface area contributed by atoms with E-state index < -0.39 is 0 Å². The van der Waals surface area contributed by atoms with Gasteiger partial charge in [0.2, 0.25) is 0 Å². The second-order valence-corrected chi connectivity index (χ2v) is 11.2. The molecule has 0 unspecified atom stereocenters. The van der Waals surface area contributed by atoms with Crippen LogP contribution in [0.1, 0.15) is 21.7 Å². The Bertz CT molecular complexity index is 1300. The van der Waals surface area contributed by atoms with Gasteiger partial charge in [0.25, 0.3) is 11.8 Å². The monoisotopic (exact) mass is 520 g/mol. The minimum Gasteiger partial charge on any atom is -0.298 e. The van der Waals surface area contributed by atoms with Crippen LogP contribution in [0.2, 0.25) is 0 Å². The van der Waals surface area contributed by atoms with Crippen molar-refractivity contribution >= 4 is 56.6 Å². The topological polar surface area (TPSA) is 65.5 Å². The van der Waals surface area contributed by atoms with Gasteiger partial charge in [-0.25, -0.2) is 4.98 Å². The molecule has 0 bridgehead atoms. The van der Waals surface area contributed by atoms with E-state index in [2.05, 4.69) is 34.5 Å². The predicted octanol–water partition coefficient (Wildman–Crippen LogP) is 4.63. The van der Waals surface area contributed by atoms with Gasteiger partial charge in [0.05, 0.1) is 10.6 Å². The van der Waals surface area contributed by atoms with Gasteiger partial charge in [-0.15, -0.1) is 11.3 Å². The fourth-order valence-corrected chi connectivity index (χ4v) is 6.43. The fourth-order valence-electron chi connectivity index (χ4n) is 4.14. The van der Waals surface area contributed by atoms with E-state index in [4.69, 9.17) is 17.2 Å². The van der Waals surface area contributed by atoms with Gasteiger partial charge in [0.15, 0.2) is 5.13 Å². The Balaban J connectivity index is 1.35. The van der Waals surface area contributed by atoms with Crippen molar-refractivity contribution < 1.29 is 9.59 Å². The number of carbonyl (C=O) groups excluding carboxylic acids is 2. The van der Waals surface area contributed by atoms with Crippen molar-refractivity contribution in [2.45, 2.75) is 25.9 Å². The molecule has 0 aliphatic carbocycles. The molecule has 0 atom stereocenters. The maximum absolute atomic E-state index is 13.4. The van der Waals surface area contributed by atoms with Crippen molar-refractivity contribution in [2.75, 3.05) is 18.9 Å². The van der Waals surface area contributed by atoms with Crippen molar-refractivity contribution in [2.24, 2.45) is 0 Å². The van der Waals surface area contributed by atoms with Crippen LogP contribution in [0.5, 0.6) is 0 Å². The molecule has 0 saturated carbocycles. The van der Waals surface area contributed by atoms with Crippen molar-refractivity contribution in [3.8, 4) is 0 Å². The Hall–Kier alpha value is -2.85. The first-order chi connectivity index (χ1) is 17.0. The van der Waals surface area contributed by atoms with E-state index in [0.29, 0.717) is 26.4 Å². The van der Waals surface area contributed by atoms with Crippen LogP contribution in [0, 0.1) is 0 Å². The molecule has 2 amide bonds. The highest BCUT2D eigenvalue weighted by Gasteiger charge is 2.34. The molecule has 5 rings (SSSR count). The molecule has 2 aromatic carbocycles. The standard InChI is InChI=1S/C26H24N4O2S3/c1-29-24(32)22(35-26(29)33)19(14-17-8-4-2-5-9-17)23(31)28-25-27-20-12-13-30(16-21(20)34-25)15-18-10-6-3-7-11-18/h2-11H,12-16H2,1H3,(H,27,28,31)/b22-19+. The SMILES string of the molecule is CN1C(=O)/C(=C(/Cc2ccccc2)C(=O)Nc2nc3c(s2)CN(Cc2ccccc2)CC3)SC1=S. The summed E-state index contributed by atoms with van der Waals surface area (Å²) in [5.41, 5.74) is 3.69. The normalized spacial score (nSPS) is 17.5. The van der Waals surface area contributed by atoms with Crippen LogP contribution in [0.15, 0.2) is 71.1 Å². The summed E-state index contributed by atoms with van der Waals surface area (Å²) in [6.45, 7) is 2.63. The number of likely N-dealkylation sites (N-methyl/N-ethyl adjacent to an activating group) is 1. The lowest BCUT2D eigenvalue weighted by Crippen LogP contribution is -2.29. The second kappa shape index (κ2) is 10.4. The summed E-state index contributed by atoms with van der Waals surface area (Å²) in [6, 6.07) is 20.1. The highest BCUT2D eigenvalue weighted by Crippen LogP contribution is 2.35. The molecule has 1 fully saturated rings. The van der Waals surface area contributed by atoms with Gasteiger partial charge in [-0.2, -0.15) is 0 Å². The fraction of sp³-hybridized carbons (Fsp3) is 0.231. The zero-order valence-electron chi connectivity index (χ0n) is 19.2. The first kappa shape index (κ1) is 23.9. The van der Waals surface area contributed by atoms with Crippen LogP contribution in [0.4, 0.5) is 5.13 Å². The van der Waals surface area contributed by atoms with Gasteiger partial charge in [0.1, 0.15) is 4.32 Å². The number of fused-ring (bicyclic) bond motifs is 1. The minimum absolute atomic E-state index is 0.240. The zero-order chi connectivity index (χ0) is 24.4. The third-order valence-electron chi connectivity index (χ3n) is 6.01. The summed E-state index contributed by atoms with van der Waals surface area (Å²) >= 11 is 7.99. The molecule has 2 aliphatic rings. The van der Waals surface area contributed by atoms with Gasteiger partial charge >= 0.3 is 0 Å². The number of anilines is 1. The number of amides is 2. The van der Waals surface area contributed by atoms with Crippen LogP contribution >= 0.6 is 35.3 Å². The Morgan fingerprint density at radius 1 is 1.09 bits per heavy atom. The summed E-state index contributed by atoms with van der Waals surface area (Å²) in [6.07, 6.45) is 1.19. The highest BCUT2D eigenvalue weighted by molar-refractivity contribution is 8.26. The number of rotatable bonds is 6. The number of nitrogens with zero attached hydrogens (tertiary/aromatic N) is 3. The maximum atomic E-state index is 13.4. The average molecular weight is 521 g/mol. The Kier molecular flexibility index (Phi) is 7.10. The van der Waals surface area contributed by atoms with Gasteiger partial charge < -0.3 is 0 Å². The molecule has 0 radical (unpaired) electrons. The molecule has 1 N–H and O–H groups in total. The molecule has 0 spiro atoms. The molecule has 9 heteroatoms. The van der Waals surface area contributed by atoms with Crippen LogP contribution in [-0.4, -0.2) is 44.5 Å². The van der Waals surface area contributed by atoms with E-state index in [9.17, 15) is 9.59 Å². The minimum atomic E-state index is -0.310. The lowest BCUT2D eigenvalue weighted by atomic mass is 10.0. The zero-order valence-corrected chi connectivity index (χ0v) is 21.6. The molecule has 1 aromatic heterocycles. The lowest BCUT2D eigenvalue weighted by Gasteiger charge is -2.25. The number of nitrogens with one attached hydrogen (secondary N) is 1. The first-order valence-electron chi connectivity index (χ1n) is 11.3. The Morgan fingerprint density at radius 3 is 2.43 bits per heavy atom. The van der Waals surface area contributed by atoms with Crippen molar-refractivity contribution in [1.82, 2.24) is 14.8 Å². The number of carbonyl (C=O) groups is 2. The summed E-state index contributed by atoms with van der Waals surface area (Å²) in [4.78, 5) is 36.3. The van der Waals surface area contributed by atoms with Gasteiger partial charge in [0, 0.05) is 50.0 Å².